The molecule has 0 radical (unpaired) electrons. The summed E-state index contributed by atoms with van der Waals surface area (Å²) in [5.41, 5.74) is 5.22. The lowest BCUT2D eigenvalue weighted by molar-refractivity contribution is -0.184. The Kier molecular flexibility index (Phi) is 8.66. The van der Waals surface area contributed by atoms with E-state index in [1.807, 2.05) is 0 Å². The van der Waals surface area contributed by atoms with Gasteiger partial charge in [-0.15, -0.1) is 0 Å². The average molecular weight is 532 g/mol. The highest BCUT2D eigenvalue weighted by Gasteiger charge is 2.64. The molecule has 0 fully saturated rings. The first-order valence-corrected chi connectivity index (χ1v) is 10.7. The molecule has 0 aliphatic carbocycles. The third kappa shape index (κ3) is 5.72. The van der Waals surface area contributed by atoms with Gasteiger partial charge in [0.25, 0.3) is 0 Å². The lowest BCUT2D eigenvalue weighted by Gasteiger charge is -2.40. The Balaban J connectivity index is 2.62. The molecule has 4 N–H and O–H groups in total. The summed E-state index contributed by atoms with van der Waals surface area (Å²) < 4.78 is 83.9. The number of halogens is 5. The van der Waals surface area contributed by atoms with Crippen molar-refractivity contribution in [3.63, 3.8) is 0 Å². The first-order valence-electron chi connectivity index (χ1n) is 10.7. The smallest absolute Gasteiger partial charge is 0.344 e. The molecule has 37 heavy (non-hydrogen) atoms. The van der Waals surface area contributed by atoms with Crippen molar-refractivity contribution >= 4 is 17.9 Å². The first-order chi connectivity index (χ1) is 17.0. The van der Waals surface area contributed by atoms with E-state index in [0.717, 1.165) is 6.92 Å². The lowest BCUT2D eigenvalue weighted by atomic mass is 9.70. The molecule has 2 aromatic rings. The van der Waals surface area contributed by atoms with Crippen molar-refractivity contribution < 1.29 is 50.5 Å². The van der Waals surface area contributed by atoms with Gasteiger partial charge in [0, 0.05) is 6.54 Å². The van der Waals surface area contributed by atoms with Crippen LogP contribution in [0.1, 0.15) is 33.3 Å². The predicted molar refractivity (Wildman–Crippen MR) is 118 cm³/mol. The highest BCUT2D eigenvalue weighted by atomic mass is 19.2. The number of esters is 3. The summed E-state index contributed by atoms with van der Waals surface area (Å²) in [6.07, 6.45) is 0. The van der Waals surface area contributed by atoms with Crippen LogP contribution in [0, 0.1) is 34.5 Å². The maximum absolute atomic E-state index is 14.2. The topological polar surface area (TPSA) is 131 Å². The van der Waals surface area contributed by atoms with E-state index in [9.17, 15) is 36.3 Å². The highest BCUT2D eigenvalue weighted by Crippen LogP contribution is 2.37. The third-order valence-electron chi connectivity index (χ3n) is 5.35. The standard InChI is InChI=1S/C24H25F5N2O6/c1-22(2,3)37-19(32)23(4,11-30)24(31,20(33)35-10-12-8-6-5-7-9-12)21(34)36-18-16(28)14(26)13(25)15(27)17(18)29/h5-9H,10-11,30-31H2,1-4H3. The maximum atomic E-state index is 14.2. The van der Waals surface area contributed by atoms with Crippen LogP contribution in [-0.4, -0.2) is 35.6 Å². The van der Waals surface area contributed by atoms with Gasteiger partial charge in [-0.05, 0) is 33.3 Å². The van der Waals surface area contributed by atoms with Gasteiger partial charge in [-0.25, -0.2) is 22.8 Å². The summed E-state index contributed by atoms with van der Waals surface area (Å²) in [7, 11) is 0. The second-order valence-electron chi connectivity index (χ2n) is 9.20. The fraction of sp³-hybridized carbons (Fsp3) is 0.375. The van der Waals surface area contributed by atoms with E-state index in [4.69, 9.17) is 20.9 Å². The van der Waals surface area contributed by atoms with Crippen LogP contribution in [0.2, 0.25) is 0 Å². The van der Waals surface area contributed by atoms with E-state index < -0.39 is 82.5 Å². The van der Waals surface area contributed by atoms with Crippen LogP contribution in [0.25, 0.3) is 0 Å². The van der Waals surface area contributed by atoms with Gasteiger partial charge in [0.05, 0.1) is 0 Å². The fourth-order valence-electron chi connectivity index (χ4n) is 3.01. The van der Waals surface area contributed by atoms with Gasteiger partial charge in [0.2, 0.25) is 40.4 Å². The predicted octanol–water partition coefficient (Wildman–Crippen LogP) is 3.04. The Morgan fingerprint density at radius 2 is 1.27 bits per heavy atom. The Morgan fingerprint density at radius 3 is 1.73 bits per heavy atom. The first kappa shape index (κ1) is 29.6. The molecule has 2 atom stereocenters. The molecule has 0 aliphatic rings. The number of rotatable bonds is 8. The second kappa shape index (κ2) is 10.8. The van der Waals surface area contributed by atoms with Gasteiger partial charge >= 0.3 is 17.9 Å². The summed E-state index contributed by atoms with van der Waals surface area (Å²) in [5, 5.41) is 0. The van der Waals surface area contributed by atoms with Crippen molar-refractivity contribution in [2.24, 2.45) is 16.9 Å². The zero-order valence-corrected chi connectivity index (χ0v) is 20.3. The number of carbonyl (C=O) groups excluding carboxylic acids is 3. The average Bonchev–Trinajstić information content (AvgIpc) is 2.85. The summed E-state index contributed by atoms with van der Waals surface area (Å²) in [6.45, 7) is 3.90. The normalized spacial score (nSPS) is 14.8. The molecule has 0 aliphatic heterocycles. The Labute approximate surface area is 208 Å². The lowest BCUT2D eigenvalue weighted by Crippen LogP contribution is -2.72. The molecular formula is C24H25F5N2O6. The summed E-state index contributed by atoms with van der Waals surface area (Å²) in [5.74, 6) is -19.5. The van der Waals surface area contributed by atoms with Gasteiger partial charge in [-0.2, -0.15) is 8.78 Å². The number of carbonyl (C=O) groups is 3. The largest absolute Gasteiger partial charge is 0.459 e. The second-order valence-corrected chi connectivity index (χ2v) is 9.20. The van der Waals surface area contributed by atoms with E-state index >= 15 is 0 Å². The Bertz CT molecular complexity index is 1180. The molecule has 0 amide bonds. The molecule has 2 aromatic carbocycles. The molecule has 2 unspecified atom stereocenters. The van der Waals surface area contributed by atoms with Crippen LogP contribution >= 0.6 is 0 Å². The molecule has 13 heteroatoms. The van der Waals surface area contributed by atoms with Gasteiger partial charge < -0.3 is 25.7 Å². The molecule has 0 spiro atoms. The van der Waals surface area contributed by atoms with Crippen molar-refractivity contribution in [1.29, 1.82) is 0 Å². The van der Waals surface area contributed by atoms with E-state index in [0.29, 0.717) is 5.56 Å². The van der Waals surface area contributed by atoms with Crippen molar-refractivity contribution in [3.05, 3.63) is 65.0 Å². The van der Waals surface area contributed by atoms with Gasteiger partial charge in [-0.3, -0.25) is 4.79 Å². The number of ether oxygens (including phenoxy) is 3. The number of hydrogen-bond donors (Lipinski definition) is 2. The van der Waals surface area contributed by atoms with E-state index in [-0.39, 0.29) is 0 Å². The molecule has 8 nitrogen and oxygen atoms in total. The van der Waals surface area contributed by atoms with E-state index in [2.05, 4.69) is 4.74 Å². The molecule has 0 aromatic heterocycles. The van der Waals surface area contributed by atoms with Crippen LogP contribution < -0.4 is 16.2 Å². The number of nitrogens with two attached hydrogens (primary N) is 2. The SMILES string of the molecule is CC(C)(C)OC(=O)C(C)(CN)C(N)(C(=O)OCc1ccccc1)C(=O)Oc1c(F)c(F)c(F)c(F)c1F. The summed E-state index contributed by atoms with van der Waals surface area (Å²) in [6, 6.07) is 7.93. The zero-order chi connectivity index (χ0) is 28.3. The van der Waals surface area contributed by atoms with Crippen molar-refractivity contribution in [3.8, 4) is 5.75 Å². The molecule has 2 rings (SSSR count). The van der Waals surface area contributed by atoms with E-state index in [1.54, 1.807) is 18.2 Å². The highest BCUT2D eigenvalue weighted by molar-refractivity contribution is 6.10. The van der Waals surface area contributed by atoms with Crippen LogP contribution in [0.15, 0.2) is 30.3 Å². The number of hydrogen-bond acceptors (Lipinski definition) is 8. The van der Waals surface area contributed by atoms with Crippen LogP contribution in [0.5, 0.6) is 5.75 Å². The minimum Gasteiger partial charge on any atom is -0.459 e. The minimum absolute atomic E-state index is 0.415. The fourth-order valence-corrected chi connectivity index (χ4v) is 3.01. The van der Waals surface area contributed by atoms with E-state index in [1.165, 1.54) is 32.9 Å². The van der Waals surface area contributed by atoms with Gasteiger partial charge in [0.1, 0.15) is 17.6 Å². The molecular weight excluding hydrogens is 507 g/mol. The van der Waals surface area contributed by atoms with Crippen molar-refractivity contribution in [2.75, 3.05) is 6.54 Å². The maximum Gasteiger partial charge on any atom is 0.344 e. The summed E-state index contributed by atoms with van der Waals surface area (Å²) >= 11 is 0. The van der Waals surface area contributed by atoms with Crippen molar-refractivity contribution in [1.82, 2.24) is 0 Å². The van der Waals surface area contributed by atoms with Gasteiger partial charge in [0.15, 0.2) is 0 Å². The minimum atomic E-state index is -3.28. The van der Waals surface area contributed by atoms with Crippen LogP contribution in [0.4, 0.5) is 22.0 Å². The quantitative estimate of drug-likeness (QED) is 0.133. The molecule has 0 saturated carbocycles. The number of benzene rings is 2. The van der Waals surface area contributed by atoms with Crippen LogP contribution in [-0.2, 0) is 30.5 Å². The molecule has 0 bridgehead atoms. The molecule has 0 heterocycles. The van der Waals surface area contributed by atoms with Crippen LogP contribution in [0.3, 0.4) is 0 Å². The molecule has 0 saturated heterocycles. The van der Waals surface area contributed by atoms with Crippen molar-refractivity contribution in [2.45, 2.75) is 45.4 Å². The monoisotopic (exact) mass is 532 g/mol. The third-order valence-corrected chi connectivity index (χ3v) is 5.35. The Morgan fingerprint density at radius 1 is 0.784 bits per heavy atom. The summed E-state index contributed by atoms with van der Waals surface area (Å²) in [4.78, 5) is 39.5. The zero-order valence-electron chi connectivity index (χ0n) is 20.3. The molecule has 202 valence electrons. The Hall–Kier alpha value is -3.58. The van der Waals surface area contributed by atoms with Gasteiger partial charge in [-0.1, -0.05) is 30.3 Å².